The van der Waals surface area contributed by atoms with Gasteiger partial charge in [-0.15, -0.1) is 10.2 Å². The van der Waals surface area contributed by atoms with Crippen molar-refractivity contribution in [2.75, 3.05) is 19.6 Å². The molecule has 2 heterocycles. The fourth-order valence-electron chi connectivity index (χ4n) is 2.72. The number of nitrogens with zero attached hydrogens (tertiary/aromatic N) is 3. The number of hydrogen-bond donors (Lipinski definition) is 2. The fourth-order valence-corrected chi connectivity index (χ4v) is 3.70. The molecule has 4 rings (SSSR count). The number of methoxy groups -OCH3 is 2. The van der Waals surface area contributed by atoms with Gasteiger partial charge in [0.25, 0.3) is 0 Å². The van der Waals surface area contributed by atoms with Gasteiger partial charge >= 0.3 is 0 Å². The van der Waals surface area contributed by atoms with E-state index >= 15 is 0 Å². The van der Waals surface area contributed by atoms with E-state index in [1.165, 1.54) is 7.11 Å². The molecule has 128 valence electrons. The molecule has 0 radical (unpaired) electrons. The first kappa shape index (κ1) is 15.6. The van der Waals surface area contributed by atoms with Crippen LogP contribution in [0.5, 0.6) is 17.2 Å². The zero-order valence-electron chi connectivity index (χ0n) is 13.6. The predicted octanol–water partition coefficient (Wildman–Crippen LogP) is 3.02. The Balaban J connectivity index is 1.67. The zero-order chi connectivity index (χ0) is 17.4. The van der Waals surface area contributed by atoms with Gasteiger partial charge < -0.3 is 20.0 Å². The molecule has 0 spiro atoms. The molecule has 0 saturated carbocycles. The average molecular weight is 356 g/mol. The van der Waals surface area contributed by atoms with Gasteiger partial charge in [-0.1, -0.05) is 30.0 Å². The van der Waals surface area contributed by atoms with Gasteiger partial charge in [0, 0.05) is 0 Å². The van der Waals surface area contributed by atoms with Crippen LogP contribution in [0.2, 0.25) is 0 Å². The van der Waals surface area contributed by atoms with Gasteiger partial charge in [-0.05, 0) is 29.8 Å². The summed E-state index contributed by atoms with van der Waals surface area (Å²) in [6.07, 6.45) is 0. The highest BCUT2D eigenvalue weighted by atomic mass is 32.2. The smallest absolute Gasteiger partial charge is 0.212 e. The molecule has 0 fully saturated rings. The van der Waals surface area contributed by atoms with Crippen molar-refractivity contribution in [2.24, 2.45) is 0 Å². The van der Waals surface area contributed by atoms with Crippen molar-refractivity contribution in [3.63, 3.8) is 0 Å². The Morgan fingerprint density at radius 2 is 1.88 bits per heavy atom. The van der Waals surface area contributed by atoms with E-state index in [4.69, 9.17) is 9.47 Å². The maximum Gasteiger partial charge on any atom is 0.212 e. The molecule has 0 aliphatic carbocycles. The van der Waals surface area contributed by atoms with Crippen LogP contribution in [0.25, 0.3) is 11.4 Å². The summed E-state index contributed by atoms with van der Waals surface area (Å²) in [6, 6.07) is 13.0. The normalized spacial score (nSPS) is 15.5. The molecular weight excluding hydrogens is 340 g/mol. The number of benzene rings is 2. The van der Waals surface area contributed by atoms with Crippen LogP contribution in [0.15, 0.2) is 47.6 Å². The number of rotatable bonds is 4. The summed E-state index contributed by atoms with van der Waals surface area (Å²) in [5.74, 6) is 1.98. The molecule has 1 aliphatic rings. The van der Waals surface area contributed by atoms with Crippen molar-refractivity contribution < 1.29 is 14.6 Å². The monoisotopic (exact) mass is 356 g/mol. The first-order chi connectivity index (χ1) is 12.2. The van der Waals surface area contributed by atoms with Gasteiger partial charge in [0.15, 0.2) is 17.3 Å². The minimum atomic E-state index is -0.0616. The Hall–Kier alpha value is -2.87. The van der Waals surface area contributed by atoms with Gasteiger partial charge in [0.05, 0.1) is 19.8 Å². The van der Waals surface area contributed by atoms with Gasteiger partial charge in [-0.25, -0.2) is 4.68 Å². The summed E-state index contributed by atoms with van der Waals surface area (Å²) in [5, 5.41) is 19.0. The van der Waals surface area contributed by atoms with Crippen molar-refractivity contribution in [3.8, 4) is 28.6 Å². The molecule has 1 aromatic heterocycles. The lowest BCUT2D eigenvalue weighted by molar-refractivity contribution is 0.373. The first-order valence-corrected chi connectivity index (χ1v) is 8.48. The number of ether oxygens (including phenoxy) is 2. The van der Waals surface area contributed by atoms with Crippen LogP contribution in [0.4, 0.5) is 0 Å². The molecule has 7 nitrogen and oxygen atoms in total. The van der Waals surface area contributed by atoms with E-state index in [2.05, 4.69) is 15.6 Å². The first-order valence-electron chi connectivity index (χ1n) is 7.60. The van der Waals surface area contributed by atoms with E-state index in [9.17, 15) is 5.11 Å². The Morgan fingerprint density at radius 1 is 1.08 bits per heavy atom. The maximum atomic E-state index is 9.77. The molecule has 0 bridgehead atoms. The number of phenols is 1. The van der Waals surface area contributed by atoms with Gasteiger partial charge in [-0.3, -0.25) is 0 Å². The van der Waals surface area contributed by atoms with Crippen LogP contribution < -0.4 is 14.9 Å². The molecule has 25 heavy (non-hydrogen) atoms. The lowest BCUT2D eigenvalue weighted by Crippen LogP contribution is -2.14. The van der Waals surface area contributed by atoms with Crippen LogP contribution in [-0.2, 0) is 0 Å². The summed E-state index contributed by atoms with van der Waals surface area (Å²) < 4.78 is 12.5. The second-order valence-electron chi connectivity index (χ2n) is 5.40. The van der Waals surface area contributed by atoms with E-state index in [1.807, 2.05) is 41.1 Å². The van der Waals surface area contributed by atoms with Crippen molar-refractivity contribution in [1.29, 1.82) is 0 Å². The molecule has 2 aromatic carbocycles. The molecular formula is C17H16N4O3S. The standard InChI is InChI=1S/C17H16N4O3S/c1-23-13-6-4-3-5-11(13)15-18-19-17-21(15)20-16(25-17)10-7-8-12(22)14(9-10)24-2/h3-9,16,20,22H,1-2H3/t16-/m0/s1. The topological polar surface area (TPSA) is 81.4 Å². The van der Waals surface area contributed by atoms with Crippen molar-refractivity contribution in [2.45, 2.75) is 10.5 Å². The second-order valence-corrected chi connectivity index (χ2v) is 6.47. The third-order valence-electron chi connectivity index (χ3n) is 3.96. The van der Waals surface area contributed by atoms with Crippen LogP contribution in [0.1, 0.15) is 10.9 Å². The number of thioether (sulfide) groups is 1. The molecule has 8 heteroatoms. The lowest BCUT2D eigenvalue weighted by atomic mass is 10.2. The highest BCUT2D eigenvalue weighted by Gasteiger charge is 2.29. The molecule has 0 amide bonds. The molecule has 0 unspecified atom stereocenters. The van der Waals surface area contributed by atoms with Crippen LogP contribution >= 0.6 is 11.8 Å². The summed E-state index contributed by atoms with van der Waals surface area (Å²) in [5.41, 5.74) is 5.21. The molecule has 1 atom stereocenters. The Labute approximate surface area is 148 Å². The quantitative estimate of drug-likeness (QED) is 0.743. The Bertz CT molecular complexity index is 928. The van der Waals surface area contributed by atoms with E-state index in [1.54, 1.807) is 24.9 Å². The van der Waals surface area contributed by atoms with E-state index in [0.29, 0.717) is 11.6 Å². The number of hydrogen-bond acceptors (Lipinski definition) is 7. The van der Waals surface area contributed by atoms with Gasteiger partial charge in [0.2, 0.25) is 5.16 Å². The minimum Gasteiger partial charge on any atom is -0.504 e. The number of nitrogens with one attached hydrogen (secondary N) is 1. The van der Waals surface area contributed by atoms with Crippen LogP contribution in [0.3, 0.4) is 0 Å². The largest absolute Gasteiger partial charge is 0.504 e. The zero-order valence-corrected chi connectivity index (χ0v) is 14.4. The Morgan fingerprint density at radius 3 is 2.68 bits per heavy atom. The van der Waals surface area contributed by atoms with E-state index < -0.39 is 0 Å². The van der Waals surface area contributed by atoms with Crippen molar-refractivity contribution >= 4 is 11.8 Å². The molecule has 1 aliphatic heterocycles. The second kappa shape index (κ2) is 6.21. The van der Waals surface area contributed by atoms with E-state index in [-0.39, 0.29) is 11.1 Å². The number of fused-ring (bicyclic) bond motifs is 1. The van der Waals surface area contributed by atoms with Crippen molar-refractivity contribution in [1.82, 2.24) is 14.9 Å². The van der Waals surface area contributed by atoms with Crippen LogP contribution in [0, 0.1) is 0 Å². The van der Waals surface area contributed by atoms with Crippen molar-refractivity contribution in [3.05, 3.63) is 48.0 Å². The van der Waals surface area contributed by atoms with Crippen LogP contribution in [-0.4, -0.2) is 34.2 Å². The van der Waals surface area contributed by atoms with Gasteiger partial charge in [-0.2, -0.15) is 0 Å². The molecule has 3 aromatic rings. The summed E-state index contributed by atoms with van der Waals surface area (Å²) >= 11 is 1.54. The maximum absolute atomic E-state index is 9.77. The summed E-state index contributed by atoms with van der Waals surface area (Å²) in [7, 11) is 3.16. The third kappa shape index (κ3) is 2.64. The number of para-hydroxylation sites is 1. The fraction of sp³-hybridized carbons (Fsp3) is 0.176. The lowest BCUT2D eigenvalue weighted by Gasteiger charge is -2.14. The number of aromatic nitrogens is 3. The number of aromatic hydroxyl groups is 1. The predicted molar refractivity (Wildman–Crippen MR) is 94.6 cm³/mol. The average Bonchev–Trinajstić information content (AvgIpc) is 3.23. The SMILES string of the molecule is COc1cc([C@H]2Nn3c(nnc3-c3ccccc3OC)S2)ccc1O. The summed E-state index contributed by atoms with van der Waals surface area (Å²) in [4.78, 5) is 0. The van der Waals surface area contributed by atoms with Gasteiger partial charge in [0.1, 0.15) is 11.1 Å². The highest BCUT2D eigenvalue weighted by molar-refractivity contribution is 7.99. The highest BCUT2D eigenvalue weighted by Crippen LogP contribution is 2.43. The minimum absolute atomic E-state index is 0.0616. The molecule has 0 saturated heterocycles. The van der Waals surface area contributed by atoms with E-state index in [0.717, 1.165) is 22.0 Å². The Kier molecular flexibility index (Phi) is 3.89. The molecule has 2 N–H and O–H groups in total. The third-order valence-corrected chi connectivity index (χ3v) is 5.05. The summed E-state index contributed by atoms with van der Waals surface area (Å²) in [6.45, 7) is 0. The number of phenolic OH excluding ortho intramolecular Hbond substituents is 1.